The van der Waals surface area contributed by atoms with Crippen molar-refractivity contribution >= 4 is 15.9 Å². The Morgan fingerprint density at radius 2 is 2.31 bits per heavy atom. The highest BCUT2D eigenvalue weighted by molar-refractivity contribution is 9.10. The summed E-state index contributed by atoms with van der Waals surface area (Å²) in [6.45, 7) is 1.23. The van der Waals surface area contributed by atoms with Crippen LogP contribution >= 0.6 is 15.9 Å². The van der Waals surface area contributed by atoms with Crippen molar-refractivity contribution in [1.29, 1.82) is 0 Å². The zero-order valence-electron chi connectivity index (χ0n) is 9.27. The van der Waals surface area contributed by atoms with Gasteiger partial charge in [-0.3, -0.25) is 4.90 Å². The summed E-state index contributed by atoms with van der Waals surface area (Å²) < 4.78 is 6.95. The number of likely N-dealkylation sites (tertiary alicyclic amines) is 1. The SMILES string of the molecule is CN1CC2CC(Oc3ccc(Br)cn3)C1C2. The molecule has 1 aromatic heterocycles. The molecule has 4 heteroatoms. The van der Waals surface area contributed by atoms with Crippen molar-refractivity contribution < 1.29 is 4.74 Å². The van der Waals surface area contributed by atoms with Gasteiger partial charge in [-0.2, -0.15) is 0 Å². The van der Waals surface area contributed by atoms with Crippen LogP contribution in [-0.2, 0) is 0 Å². The molecule has 0 radical (unpaired) electrons. The van der Waals surface area contributed by atoms with Gasteiger partial charge in [0.25, 0.3) is 0 Å². The van der Waals surface area contributed by atoms with Crippen LogP contribution in [0.25, 0.3) is 0 Å². The molecule has 3 rings (SSSR count). The van der Waals surface area contributed by atoms with Gasteiger partial charge in [0.2, 0.25) is 5.88 Å². The van der Waals surface area contributed by atoms with Gasteiger partial charge in [0, 0.05) is 29.3 Å². The van der Waals surface area contributed by atoms with E-state index in [0.29, 0.717) is 12.1 Å². The van der Waals surface area contributed by atoms with E-state index in [1.807, 2.05) is 12.1 Å². The highest BCUT2D eigenvalue weighted by Crippen LogP contribution is 2.38. The van der Waals surface area contributed by atoms with Crippen molar-refractivity contribution in [1.82, 2.24) is 9.88 Å². The molecular formula is C12H15BrN2O. The molecule has 1 aromatic rings. The van der Waals surface area contributed by atoms with Crippen LogP contribution < -0.4 is 4.74 Å². The number of aromatic nitrogens is 1. The second kappa shape index (κ2) is 4.00. The first kappa shape index (κ1) is 10.5. The molecule has 2 heterocycles. The number of pyridine rings is 1. The second-order valence-corrected chi connectivity index (χ2v) is 5.73. The fraction of sp³-hybridized carbons (Fsp3) is 0.583. The Balaban J connectivity index is 1.69. The number of nitrogens with zero attached hydrogens (tertiary/aromatic N) is 2. The molecule has 0 amide bonds. The van der Waals surface area contributed by atoms with Crippen LogP contribution in [0.15, 0.2) is 22.8 Å². The minimum absolute atomic E-state index is 0.331. The Morgan fingerprint density at radius 1 is 1.44 bits per heavy atom. The standard InChI is InChI=1S/C12H15BrN2O/c1-15-7-8-4-10(15)11(5-8)16-12-3-2-9(13)6-14-12/h2-3,6,8,10-11H,4-5,7H2,1H3. The van der Waals surface area contributed by atoms with Crippen LogP contribution in [0.1, 0.15) is 12.8 Å². The van der Waals surface area contributed by atoms with Crippen LogP contribution in [0, 0.1) is 5.92 Å². The van der Waals surface area contributed by atoms with Crippen LogP contribution in [0.4, 0.5) is 0 Å². The molecule has 3 nitrogen and oxygen atoms in total. The van der Waals surface area contributed by atoms with E-state index >= 15 is 0 Å². The van der Waals surface area contributed by atoms with Crippen molar-refractivity contribution in [3.8, 4) is 5.88 Å². The highest BCUT2D eigenvalue weighted by atomic mass is 79.9. The number of ether oxygens (including phenoxy) is 1. The van der Waals surface area contributed by atoms with E-state index in [1.165, 1.54) is 19.4 Å². The van der Waals surface area contributed by atoms with Gasteiger partial charge in [0.1, 0.15) is 6.10 Å². The van der Waals surface area contributed by atoms with Gasteiger partial charge in [-0.15, -0.1) is 0 Å². The molecular weight excluding hydrogens is 268 g/mol. The summed E-state index contributed by atoms with van der Waals surface area (Å²) in [5.74, 6) is 1.57. The number of fused-ring (bicyclic) bond motifs is 2. The van der Waals surface area contributed by atoms with E-state index < -0.39 is 0 Å². The molecule has 1 saturated carbocycles. The Morgan fingerprint density at radius 3 is 2.94 bits per heavy atom. The number of hydrogen-bond acceptors (Lipinski definition) is 3. The minimum atomic E-state index is 0.331. The lowest BCUT2D eigenvalue weighted by Crippen LogP contribution is -2.41. The molecule has 0 spiro atoms. The van der Waals surface area contributed by atoms with E-state index in [4.69, 9.17) is 4.74 Å². The first-order valence-corrected chi connectivity index (χ1v) is 6.50. The average Bonchev–Trinajstić information content (AvgIpc) is 2.80. The molecule has 1 aliphatic heterocycles. The maximum Gasteiger partial charge on any atom is 0.213 e. The van der Waals surface area contributed by atoms with Gasteiger partial charge in [-0.1, -0.05) is 0 Å². The third kappa shape index (κ3) is 1.84. The molecule has 3 atom stereocenters. The van der Waals surface area contributed by atoms with Gasteiger partial charge in [0.15, 0.2) is 0 Å². The molecule has 16 heavy (non-hydrogen) atoms. The summed E-state index contributed by atoms with van der Waals surface area (Å²) in [5, 5.41) is 0. The summed E-state index contributed by atoms with van der Waals surface area (Å²) in [6, 6.07) is 4.49. The first-order chi connectivity index (χ1) is 7.72. The summed E-state index contributed by atoms with van der Waals surface area (Å²) in [5.41, 5.74) is 0. The minimum Gasteiger partial charge on any atom is -0.473 e. The van der Waals surface area contributed by atoms with E-state index in [-0.39, 0.29) is 0 Å². The van der Waals surface area contributed by atoms with Gasteiger partial charge < -0.3 is 4.74 Å². The summed E-state index contributed by atoms with van der Waals surface area (Å²) in [7, 11) is 2.19. The molecule has 2 aliphatic rings. The summed E-state index contributed by atoms with van der Waals surface area (Å²) in [4.78, 5) is 6.68. The van der Waals surface area contributed by atoms with E-state index in [9.17, 15) is 0 Å². The van der Waals surface area contributed by atoms with Crippen molar-refractivity contribution in [3.05, 3.63) is 22.8 Å². The second-order valence-electron chi connectivity index (χ2n) is 4.82. The van der Waals surface area contributed by atoms with E-state index in [2.05, 4.69) is 32.9 Å². The summed E-state index contributed by atoms with van der Waals surface area (Å²) in [6.07, 6.45) is 4.59. The largest absolute Gasteiger partial charge is 0.473 e. The quantitative estimate of drug-likeness (QED) is 0.833. The molecule has 86 valence electrons. The average molecular weight is 283 g/mol. The number of likely N-dealkylation sites (N-methyl/N-ethyl adjacent to an activating group) is 1. The van der Waals surface area contributed by atoms with Gasteiger partial charge >= 0.3 is 0 Å². The van der Waals surface area contributed by atoms with E-state index in [1.54, 1.807) is 6.20 Å². The van der Waals surface area contributed by atoms with Gasteiger partial charge in [-0.05, 0) is 47.8 Å². The molecule has 2 bridgehead atoms. The first-order valence-electron chi connectivity index (χ1n) is 5.71. The predicted octanol–water partition coefficient (Wildman–Crippen LogP) is 2.32. The van der Waals surface area contributed by atoms with Crippen LogP contribution in [0.2, 0.25) is 0 Å². The zero-order valence-corrected chi connectivity index (χ0v) is 10.9. The van der Waals surface area contributed by atoms with Crippen LogP contribution in [0.3, 0.4) is 0 Å². The zero-order chi connectivity index (χ0) is 11.1. The maximum atomic E-state index is 5.96. The third-order valence-corrected chi connectivity index (χ3v) is 4.12. The molecule has 0 aromatic carbocycles. The smallest absolute Gasteiger partial charge is 0.213 e. The fourth-order valence-electron chi connectivity index (χ4n) is 2.94. The fourth-order valence-corrected chi connectivity index (χ4v) is 3.18. The lowest BCUT2D eigenvalue weighted by Gasteiger charge is -2.29. The Bertz CT molecular complexity index is 381. The molecule has 1 saturated heterocycles. The van der Waals surface area contributed by atoms with Crippen LogP contribution in [-0.4, -0.2) is 35.6 Å². The topological polar surface area (TPSA) is 25.4 Å². The Hall–Kier alpha value is -0.610. The Kier molecular flexibility index (Phi) is 2.64. The van der Waals surface area contributed by atoms with Crippen LogP contribution in [0.5, 0.6) is 5.88 Å². The van der Waals surface area contributed by atoms with Gasteiger partial charge in [0.05, 0.1) is 0 Å². The number of halogens is 1. The molecule has 3 unspecified atom stereocenters. The summed E-state index contributed by atoms with van der Waals surface area (Å²) >= 11 is 3.37. The van der Waals surface area contributed by atoms with Crippen molar-refractivity contribution in [3.63, 3.8) is 0 Å². The number of hydrogen-bond donors (Lipinski definition) is 0. The van der Waals surface area contributed by atoms with Gasteiger partial charge in [-0.25, -0.2) is 4.98 Å². The normalized spacial score (nSPS) is 33.2. The lowest BCUT2D eigenvalue weighted by atomic mass is 10.1. The highest BCUT2D eigenvalue weighted by Gasteiger charge is 2.44. The van der Waals surface area contributed by atoms with Crippen molar-refractivity contribution in [2.24, 2.45) is 5.92 Å². The lowest BCUT2D eigenvalue weighted by molar-refractivity contribution is 0.0869. The molecule has 2 fully saturated rings. The number of piperidine rings is 1. The predicted molar refractivity (Wildman–Crippen MR) is 65.5 cm³/mol. The monoisotopic (exact) mass is 282 g/mol. The maximum absolute atomic E-state index is 5.96. The van der Waals surface area contributed by atoms with E-state index in [0.717, 1.165) is 16.3 Å². The van der Waals surface area contributed by atoms with Crippen molar-refractivity contribution in [2.45, 2.75) is 25.0 Å². The molecule has 1 aliphatic carbocycles. The third-order valence-electron chi connectivity index (χ3n) is 3.65. The molecule has 0 N–H and O–H groups in total. The van der Waals surface area contributed by atoms with Crippen molar-refractivity contribution in [2.75, 3.05) is 13.6 Å². The Labute approximate surface area is 104 Å². The number of rotatable bonds is 2.